The van der Waals surface area contributed by atoms with Gasteiger partial charge in [0.1, 0.15) is 0 Å². The lowest BCUT2D eigenvalue weighted by Crippen LogP contribution is -2.30. The summed E-state index contributed by atoms with van der Waals surface area (Å²) < 4.78 is 0. The molecule has 1 rings (SSSR count). The van der Waals surface area contributed by atoms with Crippen molar-refractivity contribution in [3.8, 4) is 0 Å². The molecule has 1 heterocycles. The van der Waals surface area contributed by atoms with E-state index in [-0.39, 0.29) is 0 Å². The third-order valence-corrected chi connectivity index (χ3v) is 3.64. The van der Waals surface area contributed by atoms with Crippen molar-refractivity contribution in [2.75, 3.05) is 13.6 Å². The van der Waals surface area contributed by atoms with Crippen LogP contribution in [-0.2, 0) is 6.42 Å². The molecule has 0 aliphatic carbocycles. The Balaban J connectivity index is 2.64. The SMILES string of the molecule is CCC(C)(CNC)Cc1cnc(C)s1. The summed E-state index contributed by atoms with van der Waals surface area (Å²) in [5.41, 5.74) is 0.369. The molecule has 0 spiro atoms. The molecule has 1 aromatic heterocycles. The van der Waals surface area contributed by atoms with Crippen molar-refractivity contribution in [2.24, 2.45) is 5.41 Å². The Hall–Kier alpha value is -0.410. The van der Waals surface area contributed by atoms with Gasteiger partial charge in [-0.3, -0.25) is 0 Å². The Morgan fingerprint density at radius 1 is 1.57 bits per heavy atom. The molecule has 0 fully saturated rings. The number of rotatable bonds is 5. The molecule has 80 valence electrons. The lowest BCUT2D eigenvalue weighted by molar-refractivity contribution is 0.301. The van der Waals surface area contributed by atoms with Crippen LogP contribution in [0.4, 0.5) is 0 Å². The minimum atomic E-state index is 0.369. The van der Waals surface area contributed by atoms with Crippen molar-refractivity contribution in [1.29, 1.82) is 0 Å². The minimum absolute atomic E-state index is 0.369. The molecule has 0 aromatic carbocycles. The van der Waals surface area contributed by atoms with Crippen molar-refractivity contribution in [2.45, 2.75) is 33.6 Å². The number of aromatic nitrogens is 1. The van der Waals surface area contributed by atoms with Crippen LogP contribution < -0.4 is 5.32 Å². The molecule has 1 unspecified atom stereocenters. The first-order valence-corrected chi connectivity index (χ1v) is 5.97. The van der Waals surface area contributed by atoms with Crippen LogP contribution in [0.25, 0.3) is 0 Å². The van der Waals surface area contributed by atoms with Gasteiger partial charge in [-0.1, -0.05) is 13.8 Å². The highest BCUT2D eigenvalue weighted by Crippen LogP contribution is 2.28. The normalized spacial score (nSPS) is 15.4. The molecule has 1 atom stereocenters. The Labute approximate surface area is 90.8 Å². The van der Waals surface area contributed by atoms with E-state index >= 15 is 0 Å². The molecule has 0 saturated heterocycles. The average molecular weight is 212 g/mol. The third-order valence-electron chi connectivity index (χ3n) is 2.73. The minimum Gasteiger partial charge on any atom is -0.319 e. The van der Waals surface area contributed by atoms with Crippen LogP contribution in [0.3, 0.4) is 0 Å². The van der Waals surface area contributed by atoms with Gasteiger partial charge in [-0.2, -0.15) is 0 Å². The van der Waals surface area contributed by atoms with E-state index in [0.717, 1.165) is 13.0 Å². The van der Waals surface area contributed by atoms with Crippen LogP contribution in [0.2, 0.25) is 0 Å². The van der Waals surface area contributed by atoms with E-state index in [0.29, 0.717) is 5.41 Å². The van der Waals surface area contributed by atoms with Crippen LogP contribution in [-0.4, -0.2) is 18.6 Å². The molecule has 0 aliphatic rings. The molecule has 0 bridgehead atoms. The Bertz CT molecular complexity index is 283. The predicted molar refractivity (Wildman–Crippen MR) is 62.9 cm³/mol. The summed E-state index contributed by atoms with van der Waals surface area (Å²) in [4.78, 5) is 5.70. The van der Waals surface area contributed by atoms with Gasteiger partial charge in [0.25, 0.3) is 0 Å². The van der Waals surface area contributed by atoms with Gasteiger partial charge in [0, 0.05) is 17.6 Å². The second-order valence-corrected chi connectivity index (χ2v) is 5.54. The van der Waals surface area contributed by atoms with E-state index in [1.165, 1.54) is 16.3 Å². The highest BCUT2D eigenvalue weighted by atomic mass is 32.1. The van der Waals surface area contributed by atoms with Gasteiger partial charge < -0.3 is 5.32 Å². The van der Waals surface area contributed by atoms with E-state index in [1.807, 2.05) is 24.6 Å². The van der Waals surface area contributed by atoms with Crippen LogP contribution in [0.15, 0.2) is 6.20 Å². The Morgan fingerprint density at radius 3 is 2.71 bits per heavy atom. The number of thiazole rings is 1. The largest absolute Gasteiger partial charge is 0.319 e. The van der Waals surface area contributed by atoms with Crippen LogP contribution >= 0.6 is 11.3 Å². The zero-order chi connectivity index (χ0) is 10.6. The number of hydrogen-bond donors (Lipinski definition) is 1. The van der Waals surface area contributed by atoms with Gasteiger partial charge in [0.15, 0.2) is 0 Å². The summed E-state index contributed by atoms with van der Waals surface area (Å²) in [7, 11) is 2.02. The highest BCUT2D eigenvalue weighted by Gasteiger charge is 2.22. The second-order valence-electron chi connectivity index (χ2n) is 4.22. The van der Waals surface area contributed by atoms with E-state index in [1.54, 1.807) is 0 Å². The zero-order valence-electron chi connectivity index (χ0n) is 9.55. The molecule has 0 amide bonds. The molecular formula is C11H20N2S. The standard InChI is InChI=1S/C11H20N2S/c1-5-11(3,8-12-4)6-10-7-13-9(2)14-10/h7,12H,5-6,8H2,1-4H3. The van der Waals surface area contributed by atoms with E-state index in [2.05, 4.69) is 31.1 Å². The fourth-order valence-corrected chi connectivity index (χ4v) is 2.66. The quantitative estimate of drug-likeness (QED) is 0.811. The summed E-state index contributed by atoms with van der Waals surface area (Å²) in [6.45, 7) is 7.72. The summed E-state index contributed by atoms with van der Waals surface area (Å²) in [6.07, 6.45) is 4.35. The maximum absolute atomic E-state index is 4.29. The van der Waals surface area contributed by atoms with Crippen molar-refractivity contribution in [3.05, 3.63) is 16.1 Å². The monoisotopic (exact) mass is 212 g/mol. The Morgan fingerprint density at radius 2 is 2.29 bits per heavy atom. The topological polar surface area (TPSA) is 24.9 Å². The average Bonchev–Trinajstić information content (AvgIpc) is 2.51. The molecule has 0 saturated carbocycles. The summed E-state index contributed by atoms with van der Waals surface area (Å²) >= 11 is 1.82. The Kier molecular flexibility index (Phi) is 4.08. The van der Waals surface area contributed by atoms with Crippen molar-refractivity contribution >= 4 is 11.3 Å². The smallest absolute Gasteiger partial charge is 0.0896 e. The maximum Gasteiger partial charge on any atom is 0.0896 e. The van der Waals surface area contributed by atoms with E-state index in [9.17, 15) is 0 Å². The molecule has 0 aliphatic heterocycles. The second kappa shape index (κ2) is 4.89. The van der Waals surface area contributed by atoms with E-state index in [4.69, 9.17) is 0 Å². The number of nitrogens with zero attached hydrogens (tertiary/aromatic N) is 1. The van der Waals surface area contributed by atoms with Gasteiger partial charge >= 0.3 is 0 Å². The molecule has 1 aromatic rings. The van der Waals surface area contributed by atoms with Gasteiger partial charge in [-0.25, -0.2) is 4.98 Å². The van der Waals surface area contributed by atoms with Crippen LogP contribution in [0.5, 0.6) is 0 Å². The third kappa shape index (κ3) is 3.07. The van der Waals surface area contributed by atoms with Crippen molar-refractivity contribution < 1.29 is 0 Å². The lowest BCUT2D eigenvalue weighted by atomic mass is 9.83. The number of nitrogens with one attached hydrogen (secondary N) is 1. The molecule has 1 N–H and O–H groups in total. The maximum atomic E-state index is 4.29. The van der Waals surface area contributed by atoms with Gasteiger partial charge in [-0.05, 0) is 32.2 Å². The first kappa shape index (κ1) is 11.7. The van der Waals surface area contributed by atoms with Gasteiger partial charge in [-0.15, -0.1) is 11.3 Å². The molecule has 2 nitrogen and oxygen atoms in total. The molecule has 3 heteroatoms. The fourth-order valence-electron chi connectivity index (χ4n) is 1.65. The zero-order valence-corrected chi connectivity index (χ0v) is 10.4. The van der Waals surface area contributed by atoms with E-state index < -0.39 is 0 Å². The van der Waals surface area contributed by atoms with Crippen LogP contribution in [0.1, 0.15) is 30.2 Å². The number of hydrogen-bond acceptors (Lipinski definition) is 3. The first-order valence-electron chi connectivity index (χ1n) is 5.15. The predicted octanol–water partition coefficient (Wildman–Crippen LogP) is 2.63. The highest BCUT2D eigenvalue weighted by molar-refractivity contribution is 7.11. The lowest BCUT2D eigenvalue weighted by Gasteiger charge is -2.27. The van der Waals surface area contributed by atoms with Crippen molar-refractivity contribution in [3.63, 3.8) is 0 Å². The molecule has 14 heavy (non-hydrogen) atoms. The van der Waals surface area contributed by atoms with Crippen molar-refractivity contribution in [1.82, 2.24) is 10.3 Å². The molecular weight excluding hydrogens is 192 g/mol. The number of aryl methyl sites for hydroxylation is 1. The molecule has 0 radical (unpaired) electrons. The fraction of sp³-hybridized carbons (Fsp3) is 0.727. The van der Waals surface area contributed by atoms with Gasteiger partial charge in [0.05, 0.1) is 5.01 Å². The summed E-state index contributed by atoms with van der Waals surface area (Å²) in [6, 6.07) is 0. The van der Waals surface area contributed by atoms with Gasteiger partial charge in [0.2, 0.25) is 0 Å². The first-order chi connectivity index (χ1) is 6.59. The van der Waals surface area contributed by atoms with Crippen LogP contribution in [0, 0.1) is 12.3 Å². The summed E-state index contributed by atoms with van der Waals surface area (Å²) in [5, 5.41) is 4.44. The summed E-state index contributed by atoms with van der Waals surface area (Å²) in [5.74, 6) is 0.